The Bertz CT molecular complexity index is 1240. The molecule has 1 aromatic carbocycles. The minimum atomic E-state index is -5.14. The molecule has 3 aliphatic rings. The number of rotatable bonds is 5. The van der Waals surface area contributed by atoms with Crippen molar-refractivity contribution in [3.63, 3.8) is 0 Å². The topological polar surface area (TPSA) is 168 Å². The molecule has 192 valence electrons. The lowest BCUT2D eigenvalue weighted by molar-refractivity contribution is -0.0985. The van der Waals surface area contributed by atoms with Crippen LogP contribution >= 0.6 is 0 Å². The van der Waals surface area contributed by atoms with Crippen LogP contribution in [0, 0.1) is 22.7 Å². The van der Waals surface area contributed by atoms with Gasteiger partial charge in [-0.15, -0.1) is 0 Å². The predicted octanol–water partition coefficient (Wildman–Crippen LogP) is 3.30. The van der Waals surface area contributed by atoms with Crippen molar-refractivity contribution in [3.8, 4) is 17.2 Å². The predicted molar refractivity (Wildman–Crippen MR) is 121 cm³/mol. The van der Waals surface area contributed by atoms with Gasteiger partial charge in [0, 0.05) is 16.5 Å². The SMILES string of the molecule is CC1(C)CCC[C@]2(C)[C@H]3Cc4c(OS(=O)(=O)O)c(CO)c(OS(=O)(=O)O)c(O)c4[C@@]3(C)CC[C@@H]12. The molecule has 2 saturated carbocycles. The van der Waals surface area contributed by atoms with Crippen molar-refractivity contribution in [3.05, 3.63) is 16.7 Å². The summed E-state index contributed by atoms with van der Waals surface area (Å²) in [6.45, 7) is 7.69. The largest absolute Gasteiger partial charge is 0.504 e. The number of benzene rings is 1. The van der Waals surface area contributed by atoms with E-state index in [9.17, 15) is 36.2 Å². The van der Waals surface area contributed by atoms with Gasteiger partial charge in [0.2, 0.25) is 0 Å². The number of phenols is 1. The van der Waals surface area contributed by atoms with E-state index in [1.54, 1.807) is 0 Å². The summed E-state index contributed by atoms with van der Waals surface area (Å²) in [5.41, 5.74) is -0.733. The van der Waals surface area contributed by atoms with Crippen LogP contribution in [-0.2, 0) is 39.2 Å². The van der Waals surface area contributed by atoms with E-state index in [2.05, 4.69) is 25.0 Å². The zero-order chi connectivity index (χ0) is 25.5. The fourth-order valence-electron chi connectivity index (χ4n) is 7.76. The molecule has 0 radical (unpaired) electrons. The van der Waals surface area contributed by atoms with Gasteiger partial charge in [0.1, 0.15) is 0 Å². The summed E-state index contributed by atoms with van der Waals surface area (Å²) in [6, 6.07) is 0. The van der Waals surface area contributed by atoms with E-state index in [0.29, 0.717) is 18.8 Å². The molecular formula is C22H32O10S2. The van der Waals surface area contributed by atoms with Crippen molar-refractivity contribution in [2.45, 2.75) is 78.2 Å². The molecule has 0 saturated heterocycles. The maximum Gasteiger partial charge on any atom is 0.446 e. The zero-order valence-corrected chi connectivity index (χ0v) is 21.3. The molecule has 34 heavy (non-hydrogen) atoms. The second kappa shape index (κ2) is 7.70. The highest BCUT2D eigenvalue weighted by molar-refractivity contribution is 7.81. The van der Waals surface area contributed by atoms with Crippen LogP contribution in [0.15, 0.2) is 0 Å². The summed E-state index contributed by atoms with van der Waals surface area (Å²) in [5, 5.41) is 21.2. The van der Waals surface area contributed by atoms with Crippen LogP contribution in [0.4, 0.5) is 0 Å². The van der Waals surface area contributed by atoms with E-state index in [-0.39, 0.29) is 27.9 Å². The first kappa shape index (κ1) is 25.5. The van der Waals surface area contributed by atoms with Crippen LogP contribution in [0.2, 0.25) is 0 Å². The van der Waals surface area contributed by atoms with Gasteiger partial charge in [-0.05, 0) is 54.8 Å². The minimum absolute atomic E-state index is 0.0597. The molecule has 1 aromatic rings. The fraction of sp³-hybridized carbons (Fsp3) is 0.727. The number of phenolic OH excluding ortho intramolecular Hbond substituents is 1. The lowest BCUT2D eigenvalue weighted by atomic mass is 9.43. The van der Waals surface area contributed by atoms with Crippen LogP contribution in [0.25, 0.3) is 0 Å². The molecule has 0 bridgehead atoms. The van der Waals surface area contributed by atoms with Gasteiger partial charge in [0.05, 0.1) is 12.2 Å². The normalized spacial score (nSPS) is 32.4. The van der Waals surface area contributed by atoms with E-state index in [1.165, 1.54) is 0 Å². The number of aromatic hydroxyl groups is 1. The molecule has 4 atom stereocenters. The molecule has 0 spiro atoms. The average Bonchev–Trinajstić information content (AvgIpc) is 2.98. The number of aliphatic hydroxyl groups is 1. The van der Waals surface area contributed by atoms with Gasteiger partial charge in [0.25, 0.3) is 0 Å². The third-order valence-electron chi connectivity index (χ3n) is 8.88. The molecule has 4 rings (SSSR count). The van der Waals surface area contributed by atoms with E-state index in [0.717, 1.165) is 25.7 Å². The third-order valence-corrected chi connectivity index (χ3v) is 9.64. The average molecular weight is 521 g/mol. The van der Waals surface area contributed by atoms with Crippen molar-refractivity contribution in [2.24, 2.45) is 22.7 Å². The minimum Gasteiger partial charge on any atom is -0.504 e. The van der Waals surface area contributed by atoms with Gasteiger partial charge >= 0.3 is 20.8 Å². The Morgan fingerprint density at radius 1 is 0.912 bits per heavy atom. The maximum absolute atomic E-state index is 11.7. The maximum atomic E-state index is 11.7. The summed E-state index contributed by atoms with van der Waals surface area (Å²) in [6.07, 6.45) is 4.82. The van der Waals surface area contributed by atoms with Crippen molar-refractivity contribution in [1.82, 2.24) is 0 Å². The third kappa shape index (κ3) is 3.87. The first-order valence-corrected chi connectivity index (χ1v) is 14.0. The van der Waals surface area contributed by atoms with E-state index >= 15 is 0 Å². The van der Waals surface area contributed by atoms with Gasteiger partial charge < -0.3 is 18.6 Å². The Labute approximate surface area is 200 Å². The van der Waals surface area contributed by atoms with Crippen LogP contribution < -0.4 is 8.37 Å². The van der Waals surface area contributed by atoms with Crippen molar-refractivity contribution < 1.29 is 44.5 Å². The smallest absolute Gasteiger partial charge is 0.446 e. The molecule has 0 heterocycles. The first-order valence-electron chi connectivity index (χ1n) is 11.3. The second-order valence-corrected chi connectivity index (χ2v) is 13.2. The van der Waals surface area contributed by atoms with E-state index < -0.39 is 55.6 Å². The van der Waals surface area contributed by atoms with E-state index in [1.807, 2.05) is 6.92 Å². The molecule has 3 aliphatic carbocycles. The van der Waals surface area contributed by atoms with Gasteiger partial charge in [-0.25, -0.2) is 0 Å². The van der Waals surface area contributed by atoms with Crippen molar-refractivity contribution in [1.29, 1.82) is 0 Å². The van der Waals surface area contributed by atoms with Crippen molar-refractivity contribution >= 4 is 20.8 Å². The van der Waals surface area contributed by atoms with Crippen LogP contribution in [-0.4, -0.2) is 36.2 Å². The summed E-state index contributed by atoms with van der Waals surface area (Å²) in [7, 11) is -10.2. The standard InChI is InChI=1S/C22H32O10S2/c1-20(2)7-5-8-21(3)14(20)6-9-22(4)15(21)10-12-16(22)17(24)19(32-34(28,29)30)13(11-23)18(12)31-33(25,26)27/h14-15,23-24H,5-11H2,1-4H3,(H,25,26,27)(H,28,29,30)/t14-,15+,21-,22-/m0/s1. The number of hydrogen-bond acceptors (Lipinski definition) is 8. The molecule has 0 unspecified atom stereocenters. The number of hydrogen-bond donors (Lipinski definition) is 4. The summed E-state index contributed by atoms with van der Waals surface area (Å²) in [5.74, 6) is -1.58. The lowest BCUT2D eigenvalue weighted by Crippen LogP contribution is -2.55. The lowest BCUT2D eigenvalue weighted by Gasteiger charge is -2.61. The molecule has 10 nitrogen and oxygen atoms in total. The summed E-state index contributed by atoms with van der Waals surface area (Å²) in [4.78, 5) is 0. The Kier molecular flexibility index (Phi) is 5.77. The quantitative estimate of drug-likeness (QED) is 0.423. The fourth-order valence-corrected chi connectivity index (χ4v) is 8.57. The number of fused-ring (bicyclic) bond motifs is 5. The zero-order valence-electron chi connectivity index (χ0n) is 19.7. The Balaban J connectivity index is 1.99. The van der Waals surface area contributed by atoms with Crippen LogP contribution in [0.5, 0.6) is 17.2 Å². The highest BCUT2D eigenvalue weighted by Crippen LogP contribution is 2.70. The Morgan fingerprint density at radius 3 is 2.06 bits per heavy atom. The monoisotopic (exact) mass is 520 g/mol. The van der Waals surface area contributed by atoms with E-state index in [4.69, 9.17) is 4.18 Å². The van der Waals surface area contributed by atoms with Gasteiger partial charge in [-0.1, -0.05) is 34.1 Å². The summed E-state index contributed by atoms with van der Waals surface area (Å²) < 4.78 is 74.6. The van der Waals surface area contributed by atoms with Gasteiger partial charge in [-0.3, -0.25) is 9.11 Å². The van der Waals surface area contributed by atoms with Crippen LogP contribution in [0.3, 0.4) is 0 Å². The number of aliphatic hydroxyl groups excluding tert-OH is 1. The second-order valence-electron chi connectivity index (χ2n) is 11.1. The van der Waals surface area contributed by atoms with Gasteiger partial charge in [-0.2, -0.15) is 16.8 Å². The van der Waals surface area contributed by atoms with Crippen LogP contribution in [0.1, 0.15) is 76.5 Å². The first-order chi connectivity index (χ1) is 15.4. The highest BCUT2D eigenvalue weighted by Gasteiger charge is 2.62. The van der Waals surface area contributed by atoms with Gasteiger partial charge in [0.15, 0.2) is 17.2 Å². The Hall–Kier alpha value is -1.60. The molecule has 4 N–H and O–H groups in total. The molecule has 2 fully saturated rings. The molecular weight excluding hydrogens is 488 g/mol. The Morgan fingerprint density at radius 2 is 1.50 bits per heavy atom. The summed E-state index contributed by atoms with van der Waals surface area (Å²) >= 11 is 0. The van der Waals surface area contributed by atoms with Crippen molar-refractivity contribution in [2.75, 3.05) is 0 Å². The molecule has 0 aromatic heterocycles. The highest BCUT2D eigenvalue weighted by atomic mass is 32.3. The molecule has 0 aliphatic heterocycles. The molecule has 0 amide bonds. The molecule has 12 heteroatoms.